The first-order valence-corrected chi connectivity index (χ1v) is 5.94. The molecule has 0 N–H and O–H groups in total. The van der Waals surface area contributed by atoms with Crippen LogP contribution in [0, 0.1) is 6.92 Å². The Kier molecular flexibility index (Phi) is 6.28. The van der Waals surface area contributed by atoms with E-state index < -0.39 is 0 Å². The van der Waals surface area contributed by atoms with Gasteiger partial charge in [0.25, 0.3) is 0 Å². The number of hydrogen-bond donors (Lipinski definition) is 0. The van der Waals surface area contributed by atoms with E-state index in [9.17, 15) is 4.79 Å². The second-order valence-electron chi connectivity index (χ2n) is 4.22. The Balaban J connectivity index is 0.00000180. The summed E-state index contributed by atoms with van der Waals surface area (Å²) in [5.74, 6) is -0.150. The van der Waals surface area contributed by atoms with Crippen LogP contribution in [0.25, 0.3) is 0 Å². The van der Waals surface area contributed by atoms with E-state index in [-0.39, 0.29) is 24.8 Å². The Labute approximate surface area is 126 Å². The topological polar surface area (TPSA) is 20.3 Å². The van der Waals surface area contributed by atoms with Gasteiger partial charge < -0.3 is 16.6 Å². The summed E-state index contributed by atoms with van der Waals surface area (Å²) in [5, 5.41) is 0. The Morgan fingerprint density at radius 1 is 0.842 bits per heavy atom. The minimum Gasteiger partial charge on any atom is -0.359 e. The van der Waals surface area contributed by atoms with Crippen molar-refractivity contribution in [2.45, 2.75) is 13.1 Å². The first-order chi connectivity index (χ1) is 8.75. The van der Waals surface area contributed by atoms with Crippen LogP contribution in [-0.2, 0) is 17.9 Å². The first kappa shape index (κ1) is 15.4. The molecule has 92 valence electrons. The van der Waals surface area contributed by atoms with Crippen LogP contribution < -0.4 is 18.9 Å². The third-order valence-electron chi connectivity index (χ3n) is 2.79. The monoisotopic (exact) mass is 245 g/mol. The molecule has 0 aliphatic heterocycles. The third kappa shape index (κ3) is 4.87. The van der Waals surface area contributed by atoms with Crippen molar-refractivity contribution in [3.63, 3.8) is 0 Å². The van der Waals surface area contributed by atoms with E-state index >= 15 is 0 Å². The average Bonchev–Trinajstić information content (AvgIpc) is 2.40. The molecule has 0 heterocycles. The van der Waals surface area contributed by atoms with Crippen molar-refractivity contribution in [2.75, 3.05) is 0 Å². The predicted molar refractivity (Wildman–Crippen MR) is 72.5 cm³/mol. The number of hydrogen-bond acceptors (Lipinski definition) is 1. The molecule has 2 rings (SSSR count). The molecule has 3 heteroatoms. The number of benzene rings is 2. The summed E-state index contributed by atoms with van der Waals surface area (Å²) < 4.78 is 0. The fourth-order valence-corrected chi connectivity index (χ4v) is 1.84. The number of carbonyl (C=O) groups excluding carboxylic acids is 1. The molecule has 2 aromatic carbocycles. The molecule has 0 aromatic heterocycles. The zero-order valence-corrected chi connectivity index (χ0v) is 11.3. The molecule has 0 radical (unpaired) electrons. The fraction of sp³-hybridized carbons (Fsp3) is 0.125. The summed E-state index contributed by atoms with van der Waals surface area (Å²) >= 11 is 0. The van der Waals surface area contributed by atoms with E-state index in [4.69, 9.17) is 0 Å². The Morgan fingerprint density at radius 3 is 1.53 bits per heavy atom. The number of carbonyl (C=O) groups is 1. The third-order valence-corrected chi connectivity index (χ3v) is 2.79. The molecule has 19 heavy (non-hydrogen) atoms. The maximum atomic E-state index is 11.6. The molecule has 0 saturated carbocycles. The molecule has 0 saturated heterocycles. The quantitative estimate of drug-likeness (QED) is 0.551. The maximum absolute atomic E-state index is 11.6. The fourth-order valence-electron chi connectivity index (χ4n) is 1.84. The van der Waals surface area contributed by atoms with E-state index in [0.717, 1.165) is 11.1 Å². The number of amides is 1. The average molecular weight is 245 g/mol. The van der Waals surface area contributed by atoms with Gasteiger partial charge in [-0.1, -0.05) is 60.7 Å². The molecular formula is C16H16LiNO. The van der Waals surface area contributed by atoms with Gasteiger partial charge in [0.15, 0.2) is 0 Å². The molecule has 0 aliphatic rings. The Bertz CT molecular complexity index is 457. The molecule has 0 fully saturated rings. The standard InChI is InChI=1S/C16H16NO.Li/c1-14(18)17(12-15-8-4-2-5-9-15)13-16-10-6-3-7-11-16;/h2-11H,1,12-13H2;/q-1;+1. The molecule has 0 bridgehead atoms. The van der Waals surface area contributed by atoms with Gasteiger partial charge in [0.05, 0.1) is 5.91 Å². The van der Waals surface area contributed by atoms with E-state index in [1.807, 2.05) is 60.7 Å². The number of nitrogens with zero attached hydrogens (tertiary/aromatic N) is 1. The van der Waals surface area contributed by atoms with Crippen LogP contribution >= 0.6 is 0 Å². The van der Waals surface area contributed by atoms with E-state index in [1.165, 1.54) is 0 Å². The van der Waals surface area contributed by atoms with E-state index in [1.54, 1.807) is 4.90 Å². The van der Waals surface area contributed by atoms with Crippen molar-refractivity contribution in [1.82, 2.24) is 4.90 Å². The first-order valence-electron chi connectivity index (χ1n) is 5.94. The van der Waals surface area contributed by atoms with Gasteiger partial charge in [0, 0.05) is 13.1 Å². The molecule has 2 nitrogen and oxygen atoms in total. The van der Waals surface area contributed by atoms with E-state index in [0.29, 0.717) is 13.1 Å². The molecule has 0 aliphatic carbocycles. The molecule has 0 unspecified atom stereocenters. The van der Waals surface area contributed by atoms with Crippen LogP contribution in [0.5, 0.6) is 0 Å². The minimum atomic E-state index is -0.150. The van der Waals surface area contributed by atoms with Crippen LogP contribution in [-0.4, -0.2) is 10.8 Å². The summed E-state index contributed by atoms with van der Waals surface area (Å²) in [4.78, 5) is 13.3. The van der Waals surface area contributed by atoms with Gasteiger partial charge in [-0.3, -0.25) is 0 Å². The van der Waals surface area contributed by atoms with Crippen molar-refractivity contribution in [3.05, 3.63) is 78.7 Å². The summed E-state index contributed by atoms with van der Waals surface area (Å²) in [5.41, 5.74) is 2.23. The second-order valence-corrected chi connectivity index (χ2v) is 4.22. The predicted octanol–water partition coefficient (Wildman–Crippen LogP) is 0.0535. The normalized spacial score (nSPS) is 9.47. The van der Waals surface area contributed by atoms with Crippen LogP contribution in [0.15, 0.2) is 60.7 Å². The van der Waals surface area contributed by atoms with Crippen LogP contribution in [0.3, 0.4) is 0 Å². The number of rotatable bonds is 4. The van der Waals surface area contributed by atoms with Gasteiger partial charge in [-0.25, -0.2) is 0 Å². The van der Waals surface area contributed by atoms with Crippen molar-refractivity contribution < 1.29 is 23.7 Å². The molecular weight excluding hydrogens is 229 g/mol. The van der Waals surface area contributed by atoms with Crippen molar-refractivity contribution in [3.8, 4) is 0 Å². The molecule has 2 aromatic rings. The van der Waals surface area contributed by atoms with Gasteiger partial charge in [-0.05, 0) is 11.1 Å². The molecule has 1 amide bonds. The zero-order valence-electron chi connectivity index (χ0n) is 11.3. The van der Waals surface area contributed by atoms with Crippen LogP contribution in [0.2, 0.25) is 0 Å². The van der Waals surface area contributed by atoms with Gasteiger partial charge >= 0.3 is 18.9 Å². The van der Waals surface area contributed by atoms with Crippen molar-refractivity contribution in [2.24, 2.45) is 0 Å². The Hall–Kier alpha value is -1.62. The molecule has 0 atom stereocenters. The smallest absolute Gasteiger partial charge is 0.359 e. The zero-order chi connectivity index (χ0) is 12.8. The largest absolute Gasteiger partial charge is 1.00 e. The van der Waals surface area contributed by atoms with E-state index in [2.05, 4.69) is 6.92 Å². The van der Waals surface area contributed by atoms with Gasteiger partial charge in [0.2, 0.25) is 0 Å². The Morgan fingerprint density at radius 2 is 1.21 bits per heavy atom. The van der Waals surface area contributed by atoms with Gasteiger partial charge in [-0.2, -0.15) is 0 Å². The second kappa shape index (κ2) is 7.73. The minimum absolute atomic E-state index is 0. The SMILES string of the molecule is [CH2-]C(=O)N(Cc1ccccc1)Cc1ccccc1.[Li+]. The summed E-state index contributed by atoms with van der Waals surface area (Å²) in [6, 6.07) is 19.9. The summed E-state index contributed by atoms with van der Waals surface area (Å²) in [6.45, 7) is 4.71. The van der Waals surface area contributed by atoms with Crippen LogP contribution in [0.4, 0.5) is 0 Å². The van der Waals surface area contributed by atoms with Crippen molar-refractivity contribution in [1.29, 1.82) is 0 Å². The van der Waals surface area contributed by atoms with Gasteiger partial charge in [0.1, 0.15) is 0 Å². The van der Waals surface area contributed by atoms with Crippen molar-refractivity contribution >= 4 is 5.91 Å². The van der Waals surface area contributed by atoms with Crippen LogP contribution in [0.1, 0.15) is 11.1 Å². The summed E-state index contributed by atoms with van der Waals surface area (Å²) in [7, 11) is 0. The maximum Gasteiger partial charge on any atom is 1.00 e. The summed E-state index contributed by atoms with van der Waals surface area (Å²) in [6.07, 6.45) is 0. The van der Waals surface area contributed by atoms with Gasteiger partial charge in [-0.15, -0.1) is 0 Å². The molecule has 0 spiro atoms.